The Hall–Kier alpha value is -1.60. The molecule has 0 saturated carbocycles. The number of aryl methyl sites for hydroxylation is 1. The van der Waals surface area contributed by atoms with Crippen molar-refractivity contribution < 1.29 is 4.79 Å². The average molecular weight is 308 g/mol. The van der Waals surface area contributed by atoms with Gasteiger partial charge in [-0.1, -0.05) is 6.92 Å². The Balaban J connectivity index is 1.81. The highest BCUT2D eigenvalue weighted by Crippen LogP contribution is 2.16. The van der Waals surface area contributed by atoms with Crippen LogP contribution in [0.3, 0.4) is 0 Å². The van der Waals surface area contributed by atoms with Gasteiger partial charge in [0.1, 0.15) is 5.01 Å². The molecule has 2 heterocycles. The van der Waals surface area contributed by atoms with E-state index in [0.29, 0.717) is 12.2 Å². The Morgan fingerprint density at radius 3 is 2.90 bits per heavy atom. The summed E-state index contributed by atoms with van der Waals surface area (Å²) in [6.07, 6.45) is 1.66. The van der Waals surface area contributed by atoms with E-state index in [1.165, 1.54) is 11.3 Å². The van der Waals surface area contributed by atoms with Crippen LogP contribution in [-0.4, -0.2) is 21.8 Å². The van der Waals surface area contributed by atoms with Gasteiger partial charge >= 0.3 is 6.03 Å². The number of nitrogens with zero attached hydrogens (tertiary/aromatic N) is 2. The molecule has 0 aromatic carbocycles. The zero-order valence-electron chi connectivity index (χ0n) is 11.3. The SMILES string of the molecule is CCSc1ccc(NC(=O)NCc2nc(C)cs2)cn1. The van der Waals surface area contributed by atoms with Crippen LogP contribution in [-0.2, 0) is 6.54 Å². The van der Waals surface area contributed by atoms with Crippen molar-refractivity contribution in [3.05, 3.63) is 34.4 Å². The van der Waals surface area contributed by atoms with E-state index < -0.39 is 0 Å². The lowest BCUT2D eigenvalue weighted by Gasteiger charge is -2.06. The van der Waals surface area contributed by atoms with Gasteiger partial charge in [0.05, 0.1) is 23.5 Å². The smallest absolute Gasteiger partial charge is 0.319 e. The molecule has 0 spiro atoms. The summed E-state index contributed by atoms with van der Waals surface area (Å²) in [7, 11) is 0. The number of hydrogen-bond donors (Lipinski definition) is 2. The largest absolute Gasteiger partial charge is 0.331 e. The number of aromatic nitrogens is 2. The third-order valence-corrected chi connectivity index (χ3v) is 4.15. The maximum Gasteiger partial charge on any atom is 0.319 e. The third-order valence-electron chi connectivity index (χ3n) is 2.35. The second kappa shape index (κ2) is 7.25. The fraction of sp³-hybridized carbons (Fsp3) is 0.308. The molecule has 0 aliphatic rings. The number of anilines is 1. The lowest BCUT2D eigenvalue weighted by atomic mass is 10.4. The molecule has 2 aromatic rings. The van der Waals surface area contributed by atoms with Crippen molar-refractivity contribution in [1.29, 1.82) is 0 Å². The Bertz CT molecular complexity index is 568. The topological polar surface area (TPSA) is 66.9 Å². The van der Waals surface area contributed by atoms with Gasteiger partial charge in [0.15, 0.2) is 0 Å². The van der Waals surface area contributed by atoms with E-state index >= 15 is 0 Å². The first kappa shape index (κ1) is 14.8. The van der Waals surface area contributed by atoms with Crippen LogP contribution in [0.5, 0.6) is 0 Å². The highest BCUT2D eigenvalue weighted by molar-refractivity contribution is 7.99. The van der Waals surface area contributed by atoms with E-state index in [-0.39, 0.29) is 6.03 Å². The van der Waals surface area contributed by atoms with Crippen LogP contribution in [0.15, 0.2) is 28.7 Å². The number of thioether (sulfide) groups is 1. The number of hydrogen-bond acceptors (Lipinski definition) is 5. The van der Waals surface area contributed by atoms with Crippen LogP contribution >= 0.6 is 23.1 Å². The Morgan fingerprint density at radius 2 is 2.30 bits per heavy atom. The maximum absolute atomic E-state index is 11.7. The van der Waals surface area contributed by atoms with Crippen LogP contribution in [0.4, 0.5) is 10.5 Å². The third kappa shape index (κ3) is 4.50. The monoisotopic (exact) mass is 308 g/mol. The Kier molecular flexibility index (Phi) is 5.37. The van der Waals surface area contributed by atoms with E-state index in [4.69, 9.17) is 0 Å². The van der Waals surface area contributed by atoms with Gasteiger partial charge in [0.2, 0.25) is 0 Å². The molecule has 20 heavy (non-hydrogen) atoms. The number of rotatable bonds is 5. The zero-order chi connectivity index (χ0) is 14.4. The summed E-state index contributed by atoms with van der Waals surface area (Å²) < 4.78 is 0. The summed E-state index contributed by atoms with van der Waals surface area (Å²) in [5.74, 6) is 0.980. The molecule has 2 rings (SSSR count). The second-order valence-corrected chi connectivity index (χ2v) is 6.24. The van der Waals surface area contributed by atoms with Crippen LogP contribution in [0.1, 0.15) is 17.6 Å². The first-order valence-corrected chi connectivity index (χ1v) is 8.08. The van der Waals surface area contributed by atoms with Crippen molar-refractivity contribution in [3.8, 4) is 0 Å². The minimum absolute atomic E-state index is 0.254. The minimum Gasteiger partial charge on any atom is -0.331 e. The number of nitrogens with one attached hydrogen (secondary N) is 2. The van der Waals surface area contributed by atoms with Gasteiger partial charge in [-0.3, -0.25) is 0 Å². The Labute approximate surface area is 126 Å². The van der Waals surface area contributed by atoms with E-state index in [9.17, 15) is 4.79 Å². The number of thiazole rings is 1. The molecule has 2 amide bonds. The van der Waals surface area contributed by atoms with Gasteiger partial charge in [-0.05, 0) is 24.8 Å². The van der Waals surface area contributed by atoms with E-state index in [2.05, 4.69) is 27.5 Å². The number of pyridine rings is 1. The van der Waals surface area contributed by atoms with Crippen molar-refractivity contribution >= 4 is 34.8 Å². The van der Waals surface area contributed by atoms with Gasteiger partial charge in [-0.15, -0.1) is 23.1 Å². The van der Waals surface area contributed by atoms with Gasteiger partial charge in [0, 0.05) is 11.1 Å². The quantitative estimate of drug-likeness (QED) is 0.832. The summed E-state index contributed by atoms with van der Waals surface area (Å²) in [5, 5.41) is 9.32. The average Bonchev–Trinajstić information content (AvgIpc) is 2.85. The highest BCUT2D eigenvalue weighted by Gasteiger charge is 2.04. The highest BCUT2D eigenvalue weighted by atomic mass is 32.2. The molecule has 0 fully saturated rings. The predicted molar refractivity (Wildman–Crippen MR) is 83.3 cm³/mol. The number of amides is 2. The van der Waals surface area contributed by atoms with E-state index in [0.717, 1.165) is 21.5 Å². The summed E-state index contributed by atoms with van der Waals surface area (Å²) in [4.78, 5) is 20.3. The fourth-order valence-electron chi connectivity index (χ4n) is 1.50. The van der Waals surface area contributed by atoms with Gasteiger partial charge in [-0.2, -0.15) is 0 Å². The molecule has 0 bridgehead atoms. The number of urea groups is 1. The summed E-state index contributed by atoms with van der Waals surface area (Å²) in [6.45, 7) is 4.44. The molecule has 2 aromatic heterocycles. The molecule has 0 aliphatic carbocycles. The van der Waals surface area contributed by atoms with Crippen molar-refractivity contribution in [2.24, 2.45) is 0 Å². The van der Waals surface area contributed by atoms with Crippen molar-refractivity contribution in [3.63, 3.8) is 0 Å². The Morgan fingerprint density at radius 1 is 1.45 bits per heavy atom. The lowest BCUT2D eigenvalue weighted by Crippen LogP contribution is -2.28. The number of carbonyl (C=O) groups is 1. The molecular formula is C13H16N4OS2. The summed E-state index contributed by atoms with van der Waals surface area (Å²) in [5.41, 5.74) is 1.65. The van der Waals surface area contributed by atoms with Crippen molar-refractivity contribution in [2.75, 3.05) is 11.1 Å². The molecule has 106 valence electrons. The molecule has 0 saturated heterocycles. The van der Waals surface area contributed by atoms with Crippen LogP contribution in [0, 0.1) is 6.92 Å². The molecule has 2 N–H and O–H groups in total. The summed E-state index contributed by atoms with van der Waals surface area (Å²) in [6, 6.07) is 3.49. The van der Waals surface area contributed by atoms with E-state index in [1.807, 2.05) is 24.4 Å². The molecular weight excluding hydrogens is 292 g/mol. The number of carbonyl (C=O) groups excluding carboxylic acids is 1. The van der Waals surface area contributed by atoms with Gasteiger partial charge in [0.25, 0.3) is 0 Å². The maximum atomic E-state index is 11.7. The van der Waals surface area contributed by atoms with Crippen molar-refractivity contribution in [2.45, 2.75) is 25.4 Å². The first-order chi connectivity index (χ1) is 9.67. The molecule has 0 radical (unpaired) electrons. The zero-order valence-corrected chi connectivity index (χ0v) is 13.0. The molecule has 0 atom stereocenters. The van der Waals surface area contributed by atoms with Crippen LogP contribution in [0.2, 0.25) is 0 Å². The van der Waals surface area contributed by atoms with Crippen LogP contribution < -0.4 is 10.6 Å². The first-order valence-electron chi connectivity index (χ1n) is 6.22. The molecule has 5 nitrogen and oxygen atoms in total. The minimum atomic E-state index is -0.254. The summed E-state index contributed by atoms with van der Waals surface area (Å²) >= 11 is 3.20. The molecule has 7 heteroatoms. The lowest BCUT2D eigenvalue weighted by molar-refractivity contribution is 0.251. The predicted octanol–water partition coefficient (Wildman–Crippen LogP) is 3.28. The standard InChI is InChI=1S/C13H16N4OS2/c1-3-19-11-5-4-10(6-14-11)17-13(18)15-7-12-16-9(2)8-20-12/h4-6,8H,3,7H2,1-2H3,(H2,15,17,18). The van der Waals surface area contributed by atoms with Crippen LogP contribution in [0.25, 0.3) is 0 Å². The van der Waals surface area contributed by atoms with E-state index in [1.54, 1.807) is 18.0 Å². The second-order valence-electron chi connectivity index (χ2n) is 4.01. The van der Waals surface area contributed by atoms with Gasteiger partial charge in [-0.25, -0.2) is 14.8 Å². The molecule has 0 aliphatic heterocycles. The van der Waals surface area contributed by atoms with Crippen molar-refractivity contribution in [1.82, 2.24) is 15.3 Å². The normalized spacial score (nSPS) is 10.3. The fourth-order valence-corrected chi connectivity index (χ4v) is 2.80. The molecule has 0 unspecified atom stereocenters. The van der Waals surface area contributed by atoms with Gasteiger partial charge < -0.3 is 10.6 Å².